The Morgan fingerprint density at radius 1 is 0.307 bits per heavy atom. The number of aliphatic hydroxyl groups excluding tert-OH is 1. The molecule has 0 aromatic carbocycles. The number of unbranched alkanes of at least 4 members (excludes halogenated alkanes) is 50. The normalized spacial score (nSPS) is 12.3. The summed E-state index contributed by atoms with van der Waals surface area (Å²) < 4.78 is 10.8. The first kappa shape index (κ1) is 73.1. The Balaban J connectivity index is 3.40. The second-order valence-corrected chi connectivity index (χ2v) is 23.3. The lowest BCUT2D eigenvalue weighted by Gasteiger charge is -2.15. The zero-order chi connectivity index (χ0) is 54.1. The van der Waals surface area contributed by atoms with Crippen molar-refractivity contribution in [2.45, 2.75) is 386 Å². The summed E-state index contributed by atoms with van der Waals surface area (Å²) in [5, 5.41) is 9.69. The first-order valence-corrected chi connectivity index (χ1v) is 34.0. The molecule has 442 valence electrons. The van der Waals surface area contributed by atoms with E-state index in [2.05, 4.69) is 50.3 Å². The molecular weight excluding hydrogens is 921 g/mol. The molecule has 75 heavy (non-hydrogen) atoms. The van der Waals surface area contributed by atoms with Gasteiger partial charge in [-0.1, -0.05) is 352 Å². The number of rotatable bonds is 64. The Labute approximate surface area is 469 Å². The molecule has 0 bridgehead atoms. The molecule has 0 spiro atoms. The smallest absolute Gasteiger partial charge is 0.306 e. The highest BCUT2D eigenvalue weighted by molar-refractivity contribution is 5.70. The predicted octanol–water partition coefficient (Wildman–Crippen LogP) is 23.4. The van der Waals surface area contributed by atoms with Crippen molar-refractivity contribution >= 4 is 11.9 Å². The van der Waals surface area contributed by atoms with Crippen LogP contribution in [0.25, 0.3) is 0 Å². The summed E-state index contributed by atoms with van der Waals surface area (Å²) in [6, 6.07) is 0. The van der Waals surface area contributed by atoms with Gasteiger partial charge in [0.2, 0.25) is 0 Å². The Morgan fingerprint density at radius 2 is 0.533 bits per heavy atom. The lowest BCUT2D eigenvalue weighted by Crippen LogP contribution is -2.28. The van der Waals surface area contributed by atoms with Gasteiger partial charge in [0.25, 0.3) is 0 Å². The van der Waals surface area contributed by atoms with E-state index in [1.54, 1.807) is 0 Å². The van der Waals surface area contributed by atoms with E-state index in [1.165, 1.54) is 308 Å². The molecule has 0 aromatic rings. The molecule has 0 amide bonds. The third-order valence-corrected chi connectivity index (χ3v) is 15.7. The van der Waals surface area contributed by atoms with Crippen LogP contribution in [0.2, 0.25) is 0 Å². The molecule has 0 aliphatic heterocycles. The first-order chi connectivity index (χ1) is 37.1. The Kier molecular flexibility index (Phi) is 64.7. The van der Waals surface area contributed by atoms with Crippen molar-refractivity contribution in [1.82, 2.24) is 0 Å². The van der Waals surface area contributed by atoms with E-state index in [1.807, 2.05) is 0 Å². The largest absolute Gasteiger partial charge is 0.462 e. The maximum Gasteiger partial charge on any atom is 0.306 e. The third kappa shape index (κ3) is 64.5. The SMILES string of the molecule is CCCCCCC/C=C\C/C=C\C/C=C\CCCCCCCCCCCCCCCCCCCCC(=O)OC(CO)COC(=O)CCCCCCCCCCCCCCCCCCCCCCCCCCCCCC. The van der Waals surface area contributed by atoms with E-state index < -0.39 is 6.10 Å². The quantitative estimate of drug-likeness (QED) is 0.0373. The summed E-state index contributed by atoms with van der Waals surface area (Å²) in [4.78, 5) is 24.6. The molecular formula is C70H132O5. The van der Waals surface area contributed by atoms with Gasteiger partial charge in [-0.25, -0.2) is 0 Å². The van der Waals surface area contributed by atoms with Gasteiger partial charge in [-0.05, 0) is 51.4 Å². The van der Waals surface area contributed by atoms with Crippen LogP contribution in [0.4, 0.5) is 0 Å². The molecule has 1 N–H and O–H groups in total. The second-order valence-electron chi connectivity index (χ2n) is 23.3. The van der Waals surface area contributed by atoms with Crippen LogP contribution in [0.5, 0.6) is 0 Å². The number of allylic oxidation sites excluding steroid dienone is 6. The summed E-state index contributed by atoms with van der Waals surface area (Å²) in [5.41, 5.74) is 0. The number of ether oxygens (including phenoxy) is 2. The zero-order valence-electron chi connectivity index (χ0n) is 50.8. The van der Waals surface area contributed by atoms with Crippen molar-refractivity contribution in [3.05, 3.63) is 36.5 Å². The van der Waals surface area contributed by atoms with Gasteiger partial charge in [0, 0.05) is 12.8 Å². The van der Waals surface area contributed by atoms with E-state index in [4.69, 9.17) is 9.47 Å². The number of carbonyl (C=O) groups is 2. The van der Waals surface area contributed by atoms with Crippen LogP contribution in [0.1, 0.15) is 380 Å². The summed E-state index contributed by atoms with van der Waals surface area (Å²) in [5.74, 6) is -0.566. The molecule has 0 saturated carbocycles. The third-order valence-electron chi connectivity index (χ3n) is 15.7. The minimum atomic E-state index is -0.770. The van der Waals surface area contributed by atoms with E-state index in [9.17, 15) is 14.7 Å². The molecule has 0 fully saturated rings. The number of hydrogen-bond donors (Lipinski definition) is 1. The van der Waals surface area contributed by atoms with Gasteiger partial charge in [-0.15, -0.1) is 0 Å². The van der Waals surface area contributed by atoms with Crippen LogP contribution in [-0.2, 0) is 19.1 Å². The van der Waals surface area contributed by atoms with Gasteiger partial charge in [-0.2, -0.15) is 0 Å². The highest BCUT2D eigenvalue weighted by Crippen LogP contribution is 2.19. The Bertz CT molecular complexity index is 1190. The van der Waals surface area contributed by atoms with Crippen LogP contribution in [-0.4, -0.2) is 36.4 Å². The average molecular weight is 1050 g/mol. The monoisotopic (exact) mass is 1050 g/mol. The van der Waals surface area contributed by atoms with Crippen LogP contribution in [0.3, 0.4) is 0 Å². The molecule has 5 heteroatoms. The molecule has 0 aliphatic rings. The van der Waals surface area contributed by atoms with Crippen LogP contribution < -0.4 is 0 Å². The fourth-order valence-corrected chi connectivity index (χ4v) is 10.6. The zero-order valence-corrected chi connectivity index (χ0v) is 50.8. The average Bonchev–Trinajstić information content (AvgIpc) is 3.41. The summed E-state index contributed by atoms with van der Waals surface area (Å²) in [7, 11) is 0. The number of carbonyl (C=O) groups excluding carboxylic acids is 2. The van der Waals surface area contributed by atoms with Crippen molar-refractivity contribution in [3.8, 4) is 0 Å². The van der Waals surface area contributed by atoms with Gasteiger partial charge in [0.1, 0.15) is 6.61 Å². The van der Waals surface area contributed by atoms with Crippen molar-refractivity contribution in [2.75, 3.05) is 13.2 Å². The van der Waals surface area contributed by atoms with E-state index in [-0.39, 0.29) is 25.2 Å². The molecule has 0 saturated heterocycles. The van der Waals surface area contributed by atoms with Gasteiger partial charge in [0.15, 0.2) is 6.10 Å². The minimum Gasteiger partial charge on any atom is -0.462 e. The molecule has 1 atom stereocenters. The minimum absolute atomic E-state index is 0.0591. The van der Waals surface area contributed by atoms with Gasteiger partial charge in [-0.3, -0.25) is 9.59 Å². The Hall–Kier alpha value is -1.88. The maximum absolute atomic E-state index is 12.4. The molecule has 5 nitrogen and oxygen atoms in total. The Morgan fingerprint density at radius 3 is 0.800 bits per heavy atom. The fraction of sp³-hybridized carbons (Fsp3) is 0.886. The summed E-state index contributed by atoms with van der Waals surface area (Å²) >= 11 is 0. The highest BCUT2D eigenvalue weighted by atomic mass is 16.6. The van der Waals surface area contributed by atoms with Crippen LogP contribution in [0, 0.1) is 0 Å². The molecule has 0 aromatic heterocycles. The molecule has 0 aliphatic carbocycles. The molecule has 0 heterocycles. The van der Waals surface area contributed by atoms with E-state index in [0.717, 1.165) is 44.9 Å². The van der Waals surface area contributed by atoms with Crippen molar-refractivity contribution in [3.63, 3.8) is 0 Å². The molecule has 1 unspecified atom stereocenters. The summed E-state index contributed by atoms with van der Waals surface area (Å²) in [6.07, 6.45) is 87.5. The molecule has 0 rings (SSSR count). The highest BCUT2D eigenvalue weighted by Gasteiger charge is 2.16. The molecule has 0 radical (unpaired) electrons. The maximum atomic E-state index is 12.4. The van der Waals surface area contributed by atoms with E-state index >= 15 is 0 Å². The van der Waals surface area contributed by atoms with Crippen molar-refractivity contribution in [2.24, 2.45) is 0 Å². The number of esters is 2. The van der Waals surface area contributed by atoms with Crippen molar-refractivity contribution in [1.29, 1.82) is 0 Å². The van der Waals surface area contributed by atoms with Gasteiger partial charge in [0.05, 0.1) is 6.61 Å². The summed E-state index contributed by atoms with van der Waals surface area (Å²) in [6.45, 7) is 4.19. The number of hydrogen-bond acceptors (Lipinski definition) is 5. The fourth-order valence-electron chi connectivity index (χ4n) is 10.6. The van der Waals surface area contributed by atoms with Gasteiger partial charge < -0.3 is 14.6 Å². The van der Waals surface area contributed by atoms with Crippen LogP contribution >= 0.6 is 0 Å². The van der Waals surface area contributed by atoms with Crippen LogP contribution in [0.15, 0.2) is 36.5 Å². The lowest BCUT2D eigenvalue weighted by molar-refractivity contribution is -0.161. The predicted molar refractivity (Wildman–Crippen MR) is 330 cm³/mol. The lowest BCUT2D eigenvalue weighted by atomic mass is 10.0. The van der Waals surface area contributed by atoms with Gasteiger partial charge >= 0.3 is 11.9 Å². The van der Waals surface area contributed by atoms with Crippen molar-refractivity contribution < 1.29 is 24.2 Å². The number of aliphatic hydroxyl groups is 1. The standard InChI is InChI=1S/C70H132O5/c1-3-5-7-9-11-13-15-17-19-21-23-25-27-29-31-33-34-35-36-37-39-41-43-45-47-49-51-53-55-57-59-61-63-65-70(73)75-68(66-71)67-74-69(72)64-62-60-58-56-54-52-50-48-46-44-42-40-38-32-30-28-26-24-22-20-18-16-14-12-10-8-6-4-2/h15,17,21,23,27,29,68,71H,3-14,16,18-20,22,24-26,28,30-67H2,1-2H3/b17-15-,23-21-,29-27-. The van der Waals surface area contributed by atoms with E-state index in [0.29, 0.717) is 12.8 Å². The first-order valence-electron chi connectivity index (χ1n) is 34.0. The second kappa shape index (κ2) is 66.4. The topological polar surface area (TPSA) is 72.8 Å².